The van der Waals surface area contributed by atoms with Gasteiger partial charge in [-0.2, -0.15) is 0 Å². The van der Waals surface area contributed by atoms with Crippen molar-refractivity contribution in [1.82, 2.24) is 10.6 Å². The van der Waals surface area contributed by atoms with Crippen LogP contribution in [0.4, 0.5) is 0 Å². The van der Waals surface area contributed by atoms with Crippen LogP contribution in [0.25, 0.3) is 0 Å². The van der Waals surface area contributed by atoms with Gasteiger partial charge >= 0.3 is 11.9 Å². The second kappa shape index (κ2) is 10.2. The van der Waals surface area contributed by atoms with Crippen LogP contribution in [0.5, 0.6) is 0 Å². The van der Waals surface area contributed by atoms with Crippen molar-refractivity contribution in [3.63, 3.8) is 0 Å². The first-order valence-electron chi connectivity index (χ1n) is 10.6. The molecule has 6 heteroatoms. The molecule has 0 bridgehead atoms. The van der Waals surface area contributed by atoms with Crippen LogP contribution in [0.2, 0.25) is 0 Å². The van der Waals surface area contributed by atoms with E-state index in [-0.39, 0.29) is 5.56 Å². The zero-order valence-corrected chi connectivity index (χ0v) is 19.2. The summed E-state index contributed by atoms with van der Waals surface area (Å²) in [5, 5.41) is 0.657. The molecule has 2 rings (SSSR count). The van der Waals surface area contributed by atoms with Crippen molar-refractivity contribution < 1.29 is 19.2 Å². The van der Waals surface area contributed by atoms with Crippen LogP contribution in [0.1, 0.15) is 77.9 Å². The average Bonchev–Trinajstić information content (AvgIpc) is 2.71. The van der Waals surface area contributed by atoms with Crippen molar-refractivity contribution in [3.8, 4) is 0 Å². The Morgan fingerprint density at radius 2 is 1.52 bits per heavy atom. The third-order valence-electron chi connectivity index (χ3n) is 5.12. The molecule has 2 aromatic rings. The highest BCUT2D eigenvalue weighted by Gasteiger charge is 2.32. The maximum Gasteiger partial charge on any atom is 0.365 e. The summed E-state index contributed by atoms with van der Waals surface area (Å²) < 4.78 is 0. The standard InChI is InChI=1S/C25H32N2O4/c1-7-13-25(5,6)24(30)26-27(22(28)21-15-17(3)14-18(4)16-21)31-23(29)20-11-9-19(8-2)10-12-20/h9-12,14-16H,7-8,13H2,1-6H3,(H,26,30). The van der Waals surface area contributed by atoms with Crippen molar-refractivity contribution in [2.45, 2.75) is 60.8 Å². The number of hydrogen-bond acceptors (Lipinski definition) is 4. The highest BCUT2D eigenvalue weighted by Crippen LogP contribution is 2.23. The van der Waals surface area contributed by atoms with Crippen molar-refractivity contribution in [3.05, 3.63) is 70.3 Å². The quantitative estimate of drug-likeness (QED) is 0.667. The molecule has 0 saturated carbocycles. The van der Waals surface area contributed by atoms with Crippen molar-refractivity contribution >= 4 is 17.8 Å². The molecule has 0 aromatic heterocycles. The Kier molecular flexibility index (Phi) is 7.97. The number of aryl methyl sites for hydroxylation is 3. The number of nitrogens with one attached hydrogen (secondary N) is 1. The van der Waals surface area contributed by atoms with Gasteiger partial charge in [-0.15, -0.1) is 0 Å². The number of carbonyl (C=O) groups excluding carboxylic acids is 3. The minimum Gasteiger partial charge on any atom is -0.312 e. The largest absolute Gasteiger partial charge is 0.365 e. The van der Waals surface area contributed by atoms with Gasteiger partial charge in [-0.25, -0.2) is 10.2 Å². The van der Waals surface area contributed by atoms with Crippen LogP contribution in [0.15, 0.2) is 42.5 Å². The molecule has 0 aliphatic carbocycles. The molecule has 0 radical (unpaired) electrons. The molecule has 2 aromatic carbocycles. The second-order valence-electron chi connectivity index (χ2n) is 8.48. The number of hydrazine groups is 1. The molecular weight excluding hydrogens is 392 g/mol. The zero-order chi connectivity index (χ0) is 23.2. The third-order valence-corrected chi connectivity index (χ3v) is 5.12. The molecule has 0 aliphatic rings. The lowest BCUT2D eigenvalue weighted by Crippen LogP contribution is -2.51. The number of hydrogen-bond donors (Lipinski definition) is 1. The predicted molar refractivity (Wildman–Crippen MR) is 120 cm³/mol. The van der Waals surface area contributed by atoms with Gasteiger partial charge in [0.05, 0.1) is 5.56 Å². The smallest absolute Gasteiger partial charge is 0.312 e. The van der Waals surface area contributed by atoms with Gasteiger partial charge in [0, 0.05) is 11.0 Å². The fourth-order valence-corrected chi connectivity index (χ4v) is 3.32. The van der Waals surface area contributed by atoms with Crippen molar-refractivity contribution in [1.29, 1.82) is 0 Å². The monoisotopic (exact) mass is 424 g/mol. The highest BCUT2D eigenvalue weighted by molar-refractivity contribution is 5.97. The Bertz CT molecular complexity index is 928. The van der Waals surface area contributed by atoms with E-state index in [9.17, 15) is 14.4 Å². The summed E-state index contributed by atoms with van der Waals surface area (Å²) in [5.74, 6) is -1.75. The molecule has 2 amide bonds. The van der Waals surface area contributed by atoms with Crippen LogP contribution < -0.4 is 5.43 Å². The minimum absolute atomic E-state index is 0.289. The Balaban J connectivity index is 2.32. The lowest BCUT2D eigenvalue weighted by atomic mass is 9.87. The van der Waals surface area contributed by atoms with Crippen LogP contribution in [0, 0.1) is 19.3 Å². The maximum absolute atomic E-state index is 13.2. The second-order valence-corrected chi connectivity index (χ2v) is 8.48. The predicted octanol–water partition coefficient (Wildman–Crippen LogP) is 4.94. The van der Waals surface area contributed by atoms with Crippen LogP contribution in [-0.4, -0.2) is 23.0 Å². The van der Waals surface area contributed by atoms with E-state index in [1.54, 1.807) is 38.1 Å². The van der Waals surface area contributed by atoms with E-state index in [2.05, 4.69) is 5.43 Å². The molecule has 0 saturated heterocycles. The summed E-state index contributed by atoms with van der Waals surface area (Å²) in [6.07, 6.45) is 2.26. The van der Waals surface area contributed by atoms with Crippen LogP contribution in [-0.2, 0) is 16.1 Å². The van der Waals surface area contributed by atoms with E-state index in [1.807, 2.05) is 45.9 Å². The van der Waals surface area contributed by atoms with Gasteiger partial charge < -0.3 is 4.84 Å². The number of rotatable bonds is 6. The number of amides is 2. The highest BCUT2D eigenvalue weighted by atomic mass is 16.7. The number of hydroxylamine groups is 1. The molecular formula is C25H32N2O4. The van der Waals surface area contributed by atoms with Gasteiger partial charge in [-0.05, 0) is 56.5 Å². The van der Waals surface area contributed by atoms with E-state index in [4.69, 9.17) is 4.84 Å². The molecule has 0 atom stereocenters. The van der Waals surface area contributed by atoms with E-state index in [0.29, 0.717) is 17.2 Å². The summed E-state index contributed by atoms with van der Waals surface area (Å²) in [4.78, 5) is 44.1. The topological polar surface area (TPSA) is 75.7 Å². The lowest BCUT2D eigenvalue weighted by molar-refractivity contribution is -0.154. The zero-order valence-electron chi connectivity index (χ0n) is 19.2. The molecule has 6 nitrogen and oxygen atoms in total. The summed E-state index contributed by atoms with van der Waals surface area (Å²) in [7, 11) is 0. The SMILES string of the molecule is CCCC(C)(C)C(=O)NN(OC(=O)c1ccc(CC)cc1)C(=O)c1cc(C)cc(C)c1. The summed E-state index contributed by atoms with van der Waals surface area (Å²) in [6, 6.07) is 12.3. The Hall–Kier alpha value is -3.15. The van der Waals surface area contributed by atoms with E-state index in [0.717, 1.165) is 29.5 Å². The minimum atomic E-state index is -0.731. The number of nitrogens with zero attached hydrogens (tertiary/aromatic N) is 1. The Morgan fingerprint density at radius 3 is 2.03 bits per heavy atom. The van der Waals surface area contributed by atoms with Crippen molar-refractivity contribution in [2.75, 3.05) is 0 Å². The van der Waals surface area contributed by atoms with Gasteiger partial charge in [-0.1, -0.05) is 68.6 Å². The molecule has 0 aliphatic heterocycles. The van der Waals surface area contributed by atoms with Gasteiger partial charge in [0.1, 0.15) is 0 Å². The number of benzene rings is 2. The molecule has 1 N–H and O–H groups in total. The van der Waals surface area contributed by atoms with Crippen LogP contribution >= 0.6 is 0 Å². The first-order chi connectivity index (χ1) is 14.6. The van der Waals surface area contributed by atoms with Crippen molar-refractivity contribution in [2.24, 2.45) is 5.41 Å². The number of carbonyl (C=O) groups is 3. The van der Waals surface area contributed by atoms with E-state index < -0.39 is 23.2 Å². The molecule has 0 spiro atoms. The fourth-order valence-electron chi connectivity index (χ4n) is 3.32. The molecule has 0 unspecified atom stereocenters. The Morgan fingerprint density at radius 1 is 0.935 bits per heavy atom. The average molecular weight is 425 g/mol. The molecule has 166 valence electrons. The van der Waals surface area contributed by atoms with E-state index >= 15 is 0 Å². The first-order valence-corrected chi connectivity index (χ1v) is 10.6. The maximum atomic E-state index is 13.2. The fraction of sp³-hybridized carbons (Fsp3) is 0.400. The van der Waals surface area contributed by atoms with Gasteiger partial charge in [-0.3, -0.25) is 9.59 Å². The normalized spacial score (nSPS) is 11.0. The van der Waals surface area contributed by atoms with E-state index in [1.165, 1.54) is 0 Å². The Labute approximate surface area is 184 Å². The summed E-state index contributed by atoms with van der Waals surface area (Å²) in [6.45, 7) is 11.3. The molecule has 0 fully saturated rings. The lowest BCUT2D eigenvalue weighted by Gasteiger charge is -2.28. The first kappa shape index (κ1) is 24.1. The summed E-state index contributed by atoms with van der Waals surface area (Å²) >= 11 is 0. The van der Waals surface area contributed by atoms with Gasteiger partial charge in [0.15, 0.2) is 0 Å². The molecule has 31 heavy (non-hydrogen) atoms. The van der Waals surface area contributed by atoms with Gasteiger partial charge in [0.2, 0.25) is 5.91 Å². The third kappa shape index (κ3) is 6.41. The van der Waals surface area contributed by atoms with Gasteiger partial charge in [0.25, 0.3) is 0 Å². The molecule has 0 heterocycles. The van der Waals surface area contributed by atoms with Crippen LogP contribution in [0.3, 0.4) is 0 Å². The summed E-state index contributed by atoms with van der Waals surface area (Å²) in [5.41, 5.74) is 5.24.